The summed E-state index contributed by atoms with van der Waals surface area (Å²) in [5.41, 5.74) is 0.819. The largest absolute Gasteiger partial charge is 0.369 e. The summed E-state index contributed by atoms with van der Waals surface area (Å²) in [6.07, 6.45) is 7.39. The number of amides is 1. The Hall–Kier alpha value is -1.83. The van der Waals surface area contributed by atoms with E-state index in [1.807, 2.05) is 10.9 Å². The average molecular weight is 419 g/mol. The Morgan fingerprint density at radius 2 is 2.00 bits per heavy atom. The predicted octanol–water partition coefficient (Wildman–Crippen LogP) is 4.09. The Morgan fingerprint density at radius 3 is 2.69 bits per heavy atom. The standard InChI is InChI=1S/C21H34N6OS/c1-14(2)12-23-19-17-13-24-27(20(17)26-21(25-19)29-15(3)4)10-9-22-18(28)11-16-7-5-6-8-16/h13-16H,5-12H2,1-4H3,(H,22,28)(H,23,25,26). The Bertz CT molecular complexity index is 813. The van der Waals surface area contributed by atoms with Gasteiger partial charge in [-0.25, -0.2) is 14.6 Å². The molecule has 0 saturated heterocycles. The van der Waals surface area contributed by atoms with Crippen LogP contribution in [-0.4, -0.2) is 44.0 Å². The minimum absolute atomic E-state index is 0.151. The summed E-state index contributed by atoms with van der Waals surface area (Å²) in [4.78, 5) is 21.6. The van der Waals surface area contributed by atoms with Gasteiger partial charge in [-0.2, -0.15) is 5.10 Å². The summed E-state index contributed by atoms with van der Waals surface area (Å²) in [5.74, 6) is 2.08. The van der Waals surface area contributed by atoms with Crippen LogP contribution in [0.15, 0.2) is 11.4 Å². The van der Waals surface area contributed by atoms with E-state index in [1.54, 1.807) is 11.8 Å². The number of thioether (sulfide) groups is 1. The van der Waals surface area contributed by atoms with E-state index in [0.717, 1.165) is 28.6 Å². The van der Waals surface area contributed by atoms with E-state index < -0.39 is 0 Å². The highest BCUT2D eigenvalue weighted by Gasteiger charge is 2.18. The lowest BCUT2D eigenvalue weighted by Crippen LogP contribution is -2.28. The van der Waals surface area contributed by atoms with Crippen molar-refractivity contribution in [3.63, 3.8) is 0 Å². The van der Waals surface area contributed by atoms with Crippen molar-refractivity contribution in [3.8, 4) is 0 Å². The van der Waals surface area contributed by atoms with E-state index in [0.29, 0.717) is 36.6 Å². The molecule has 1 saturated carbocycles. The van der Waals surface area contributed by atoms with Crippen LogP contribution >= 0.6 is 11.8 Å². The molecule has 29 heavy (non-hydrogen) atoms. The van der Waals surface area contributed by atoms with Gasteiger partial charge < -0.3 is 10.6 Å². The van der Waals surface area contributed by atoms with Crippen LogP contribution in [0.1, 0.15) is 59.8 Å². The van der Waals surface area contributed by atoms with Crippen LogP contribution in [0.25, 0.3) is 11.0 Å². The van der Waals surface area contributed by atoms with E-state index in [4.69, 9.17) is 9.97 Å². The van der Waals surface area contributed by atoms with Crippen LogP contribution in [0.2, 0.25) is 0 Å². The third-order valence-electron chi connectivity index (χ3n) is 5.09. The van der Waals surface area contributed by atoms with Gasteiger partial charge in [-0.3, -0.25) is 4.79 Å². The van der Waals surface area contributed by atoms with Crippen molar-refractivity contribution < 1.29 is 4.79 Å². The molecule has 7 nitrogen and oxygen atoms in total. The molecule has 0 unspecified atom stereocenters. The smallest absolute Gasteiger partial charge is 0.220 e. The number of carbonyl (C=O) groups is 1. The highest BCUT2D eigenvalue weighted by molar-refractivity contribution is 7.99. The van der Waals surface area contributed by atoms with Gasteiger partial charge in [0.2, 0.25) is 5.91 Å². The van der Waals surface area contributed by atoms with Gasteiger partial charge in [0.05, 0.1) is 18.1 Å². The van der Waals surface area contributed by atoms with E-state index in [1.165, 1.54) is 25.7 Å². The van der Waals surface area contributed by atoms with Gasteiger partial charge in [-0.05, 0) is 24.7 Å². The number of hydrogen-bond acceptors (Lipinski definition) is 6. The minimum atomic E-state index is 0.151. The second-order valence-corrected chi connectivity index (χ2v) is 10.1. The van der Waals surface area contributed by atoms with E-state index in [2.05, 4.69) is 43.4 Å². The normalized spacial score (nSPS) is 15.0. The first-order valence-corrected chi connectivity index (χ1v) is 11.7. The molecule has 0 bridgehead atoms. The van der Waals surface area contributed by atoms with Gasteiger partial charge >= 0.3 is 0 Å². The Labute approximate surface area is 177 Å². The number of nitrogens with zero attached hydrogens (tertiary/aromatic N) is 4. The molecule has 160 valence electrons. The number of hydrogen-bond donors (Lipinski definition) is 2. The molecule has 8 heteroatoms. The lowest BCUT2D eigenvalue weighted by atomic mass is 10.0. The first kappa shape index (κ1) is 21.9. The zero-order chi connectivity index (χ0) is 20.8. The highest BCUT2D eigenvalue weighted by Crippen LogP contribution is 2.28. The third kappa shape index (κ3) is 6.32. The molecule has 2 aromatic rings. The molecule has 3 rings (SSSR count). The predicted molar refractivity (Wildman–Crippen MR) is 119 cm³/mol. The van der Waals surface area contributed by atoms with Gasteiger partial charge in [0.15, 0.2) is 10.8 Å². The van der Waals surface area contributed by atoms with Crippen LogP contribution in [0.4, 0.5) is 5.82 Å². The van der Waals surface area contributed by atoms with Gasteiger partial charge in [-0.15, -0.1) is 0 Å². The number of rotatable bonds is 10. The number of anilines is 1. The van der Waals surface area contributed by atoms with Crippen molar-refractivity contribution >= 4 is 34.5 Å². The summed E-state index contributed by atoms with van der Waals surface area (Å²) in [6, 6.07) is 0. The molecule has 2 N–H and O–H groups in total. The molecule has 0 atom stereocenters. The maximum atomic E-state index is 12.2. The van der Waals surface area contributed by atoms with E-state index in [9.17, 15) is 4.79 Å². The fourth-order valence-electron chi connectivity index (χ4n) is 3.65. The molecule has 1 aliphatic rings. The summed E-state index contributed by atoms with van der Waals surface area (Å²) in [5, 5.41) is 13.1. The van der Waals surface area contributed by atoms with Crippen LogP contribution in [0, 0.1) is 11.8 Å². The maximum absolute atomic E-state index is 12.2. The van der Waals surface area contributed by atoms with Gasteiger partial charge in [0.1, 0.15) is 5.82 Å². The lowest BCUT2D eigenvalue weighted by molar-refractivity contribution is -0.122. The zero-order valence-corrected chi connectivity index (χ0v) is 18.9. The minimum Gasteiger partial charge on any atom is -0.369 e. The number of fused-ring (bicyclic) bond motifs is 1. The first-order chi connectivity index (χ1) is 13.9. The van der Waals surface area contributed by atoms with Crippen molar-refractivity contribution in [2.45, 2.75) is 76.8 Å². The summed E-state index contributed by atoms with van der Waals surface area (Å²) in [6.45, 7) is 10.6. The number of aromatic nitrogens is 4. The SMILES string of the molecule is CC(C)CNc1nc(SC(C)C)nc2c1cnn2CCNC(=O)CC1CCCC1. The third-order valence-corrected chi connectivity index (χ3v) is 5.95. The quantitative estimate of drug-likeness (QED) is 0.446. The van der Waals surface area contributed by atoms with Crippen molar-refractivity contribution in [1.29, 1.82) is 0 Å². The zero-order valence-electron chi connectivity index (χ0n) is 18.1. The molecule has 1 fully saturated rings. The molecule has 0 aromatic carbocycles. The molecule has 2 heterocycles. The Kier molecular flexibility index (Phi) is 7.75. The van der Waals surface area contributed by atoms with E-state index >= 15 is 0 Å². The Morgan fingerprint density at radius 1 is 1.24 bits per heavy atom. The Balaban J connectivity index is 1.68. The fraction of sp³-hybridized carbons (Fsp3) is 0.714. The van der Waals surface area contributed by atoms with E-state index in [-0.39, 0.29) is 5.91 Å². The van der Waals surface area contributed by atoms with Crippen molar-refractivity contribution in [1.82, 2.24) is 25.1 Å². The molecule has 0 spiro atoms. The molecule has 0 aliphatic heterocycles. The number of carbonyl (C=O) groups excluding carboxylic acids is 1. The first-order valence-electron chi connectivity index (χ1n) is 10.8. The molecule has 2 aromatic heterocycles. The topological polar surface area (TPSA) is 84.7 Å². The summed E-state index contributed by atoms with van der Waals surface area (Å²) in [7, 11) is 0. The summed E-state index contributed by atoms with van der Waals surface area (Å²) >= 11 is 1.65. The second-order valence-electron chi connectivity index (χ2n) is 8.61. The van der Waals surface area contributed by atoms with Crippen LogP contribution in [-0.2, 0) is 11.3 Å². The maximum Gasteiger partial charge on any atom is 0.220 e. The number of nitrogens with one attached hydrogen (secondary N) is 2. The fourth-order valence-corrected chi connectivity index (χ4v) is 4.35. The highest BCUT2D eigenvalue weighted by atomic mass is 32.2. The molecule has 1 amide bonds. The lowest BCUT2D eigenvalue weighted by Gasteiger charge is -2.12. The van der Waals surface area contributed by atoms with Gasteiger partial charge in [0, 0.05) is 24.8 Å². The van der Waals surface area contributed by atoms with Crippen molar-refractivity contribution in [3.05, 3.63) is 6.20 Å². The molecular formula is C21H34N6OS. The van der Waals surface area contributed by atoms with Gasteiger partial charge in [-0.1, -0.05) is 52.3 Å². The van der Waals surface area contributed by atoms with Crippen LogP contribution in [0.3, 0.4) is 0 Å². The van der Waals surface area contributed by atoms with Crippen molar-refractivity contribution in [2.75, 3.05) is 18.4 Å². The second kappa shape index (κ2) is 10.3. The average Bonchev–Trinajstić information content (AvgIpc) is 3.29. The van der Waals surface area contributed by atoms with Crippen LogP contribution in [0.5, 0.6) is 0 Å². The molecule has 0 radical (unpaired) electrons. The molecular weight excluding hydrogens is 384 g/mol. The van der Waals surface area contributed by atoms with Crippen LogP contribution < -0.4 is 10.6 Å². The summed E-state index contributed by atoms with van der Waals surface area (Å²) < 4.78 is 1.87. The van der Waals surface area contributed by atoms with Gasteiger partial charge in [0.25, 0.3) is 0 Å². The monoisotopic (exact) mass is 418 g/mol. The molecule has 1 aliphatic carbocycles. The van der Waals surface area contributed by atoms with Crippen molar-refractivity contribution in [2.24, 2.45) is 11.8 Å².